The fraction of sp³-hybridized carbons (Fsp3) is 0.357. The van der Waals surface area contributed by atoms with Crippen molar-refractivity contribution in [1.29, 1.82) is 5.26 Å². The summed E-state index contributed by atoms with van der Waals surface area (Å²) in [7, 11) is 1.81. The third-order valence-corrected chi connectivity index (χ3v) is 3.09. The number of carbonyl (C=O) groups is 1. The first-order chi connectivity index (χ1) is 9.06. The van der Waals surface area contributed by atoms with Crippen LogP contribution in [0, 0.1) is 11.3 Å². The van der Waals surface area contributed by atoms with Crippen molar-refractivity contribution in [3.05, 3.63) is 30.0 Å². The number of benzene rings is 1. The van der Waals surface area contributed by atoms with Crippen molar-refractivity contribution in [2.75, 3.05) is 6.54 Å². The van der Waals surface area contributed by atoms with E-state index >= 15 is 0 Å². The second-order valence-corrected chi connectivity index (χ2v) is 4.67. The number of nitrogens with zero attached hydrogens (tertiary/aromatic N) is 4. The van der Waals surface area contributed by atoms with E-state index in [1.54, 1.807) is 4.68 Å². The number of fused-ring (bicyclic) bond motifs is 1. The van der Waals surface area contributed by atoms with Gasteiger partial charge in [-0.2, -0.15) is 10.4 Å². The second kappa shape index (κ2) is 5.11. The Bertz CT molecular complexity index is 651. The zero-order valence-corrected chi connectivity index (χ0v) is 11.3. The number of rotatable bonds is 3. The predicted molar refractivity (Wildman–Crippen MR) is 72.5 cm³/mol. The number of aryl methyl sites for hydroxylation is 1. The van der Waals surface area contributed by atoms with Gasteiger partial charge >= 0.3 is 0 Å². The maximum Gasteiger partial charge on any atom is 0.276 e. The number of carbonyl (C=O) groups excluding carboxylic acids is 1. The Morgan fingerprint density at radius 2 is 2.16 bits per heavy atom. The molecule has 0 bridgehead atoms. The maximum absolute atomic E-state index is 12.5. The monoisotopic (exact) mass is 256 g/mol. The van der Waals surface area contributed by atoms with Crippen LogP contribution in [0.2, 0.25) is 0 Å². The smallest absolute Gasteiger partial charge is 0.276 e. The van der Waals surface area contributed by atoms with Gasteiger partial charge in [0.15, 0.2) is 5.69 Å². The Kier molecular flexibility index (Phi) is 3.52. The van der Waals surface area contributed by atoms with Crippen LogP contribution in [0.1, 0.15) is 24.3 Å². The van der Waals surface area contributed by atoms with Crippen LogP contribution in [0.3, 0.4) is 0 Å². The van der Waals surface area contributed by atoms with Gasteiger partial charge in [0, 0.05) is 18.5 Å². The summed E-state index contributed by atoms with van der Waals surface area (Å²) in [5.41, 5.74) is 1.31. The summed E-state index contributed by atoms with van der Waals surface area (Å²) in [5.74, 6) is -0.201. The number of nitriles is 1. The molecule has 19 heavy (non-hydrogen) atoms. The molecule has 1 aromatic heterocycles. The zero-order chi connectivity index (χ0) is 14.0. The molecule has 0 N–H and O–H groups in total. The number of amides is 1. The molecule has 0 unspecified atom stereocenters. The van der Waals surface area contributed by atoms with E-state index in [1.807, 2.05) is 51.2 Å². The lowest BCUT2D eigenvalue weighted by Crippen LogP contribution is -2.37. The van der Waals surface area contributed by atoms with E-state index in [4.69, 9.17) is 5.26 Å². The molecule has 0 spiro atoms. The first-order valence-electron chi connectivity index (χ1n) is 6.16. The second-order valence-electron chi connectivity index (χ2n) is 4.67. The molecular formula is C14H16N4O. The van der Waals surface area contributed by atoms with Crippen LogP contribution in [0.25, 0.3) is 10.9 Å². The summed E-state index contributed by atoms with van der Waals surface area (Å²) in [6.45, 7) is 3.85. The van der Waals surface area contributed by atoms with E-state index < -0.39 is 0 Å². The molecule has 0 aliphatic carbocycles. The third kappa shape index (κ3) is 2.29. The van der Waals surface area contributed by atoms with Crippen molar-refractivity contribution in [3.63, 3.8) is 0 Å². The Hall–Kier alpha value is -2.35. The van der Waals surface area contributed by atoms with E-state index in [0.29, 0.717) is 5.69 Å². The summed E-state index contributed by atoms with van der Waals surface area (Å²) in [6.07, 6.45) is 0. The van der Waals surface area contributed by atoms with E-state index in [-0.39, 0.29) is 18.5 Å². The van der Waals surface area contributed by atoms with Gasteiger partial charge in [-0.1, -0.05) is 18.2 Å². The van der Waals surface area contributed by atoms with E-state index in [1.165, 1.54) is 4.90 Å². The van der Waals surface area contributed by atoms with E-state index in [0.717, 1.165) is 10.9 Å². The average molecular weight is 256 g/mol. The minimum absolute atomic E-state index is 0.0343. The minimum Gasteiger partial charge on any atom is -0.321 e. The highest BCUT2D eigenvalue weighted by molar-refractivity contribution is 6.05. The Morgan fingerprint density at radius 1 is 1.47 bits per heavy atom. The van der Waals surface area contributed by atoms with Gasteiger partial charge in [-0.05, 0) is 19.9 Å². The largest absolute Gasteiger partial charge is 0.321 e. The molecule has 0 saturated carbocycles. The first-order valence-corrected chi connectivity index (χ1v) is 6.16. The van der Waals surface area contributed by atoms with Crippen molar-refractivity contribution < 1.29 is 4.79 Å². The molecule has 0 radical (unpaired) electrons. The lowest BCUT2D eigenvalue weighted by Gasteiger charge is -2.22. The van der Waals surface area contributed by atoms with Gasteiger partial charge in [0.1, 0.15) is 6.54 Å². The summed E-state index contributed by atoms with van der Waals surface area (Å²) in [4.78, 5) is 14.0. The SMILES string of the molecule is CC(C)N(CC#N)C(=O)c1nn(C)c2ccccc12. The standard InChI is InChI=1S/C14H16N4O/c1-10(2)18(9-8-15)14(19)13-11-6-4-5-7-12(11)17(3)16-13/h4-7,10H,9H2,1-3H3. The first kappa shape index (κ1) is 13.1. The van der Waals surface area contributed by atoms with Crippen LogP contribution in [0.15, 0.2) is 24.3 Å². The zero-order valence-electron chi connectivity index (χ0n) is 11.3. The normalized spacial score (nSPS) is 10.7. The molecular weight excluding hydrogens is 240 g/mol. The lowest BCUT2D eigenvalue weighted by atomic mass is 10.2. The van der Waals surface area contributed by atoms with Gasteiger partial charge in [-0.3, -0.25) is 9.48 Å². The van der Waals surface area contributed by atoms with Crippen molar-refractivity contribution in [2.45, 2.75) is 19.9 Å². The van der Waals surface area contributed by atoms with Crippen molar-refractivity contribution in [2.24, 2.45) is 7.05 Å². The van der Waals surface area contributed by atoms with Crippen LogP contribution in [-0.2, 0) is 7.05 Å². The molecule has 98 valence electrons. The van der Waals surface area contributed by atoms with Crippen LogP contribution in [0.4, 0.5) is 0 Å². The van der Waals surface area contributed by atoms with Gasteiger partial charge in [-0.15, -0.1) is 0 Å². The maximum atomic E-state index is 12.5. The summed E-state index contributed by atoms with van der Waals surface area (Å²) >= 11 is 0. The quantitative estimate of drug-likeness (QED) is 0.788. The highest BCUT2D eigenvalue weighted by atomic mass is 16.2. The highest BCUT2D eigenvalue weighted by Gasteiger charge is 2.23. The third-order valence-electron chi connectivity index (χ3n) is 3.09. The van der Waals surface area contributed by atoms with Crippen LogP contribution < -0.4 is 0 Å². The van der Waals surface area contributed by atoms with Crippen molar-refractivity contribution in [3.8, 4) is 6.07 Å². The molecule has 5 heteroatoms. The fourth-order valence-electron chi connectivity index (χ4n) is 2.07. The lowest BCUT2D eigenvalue weighted by molar-refractivity contribution is 0.0726. The Labute approximate surface area is 112 Å². The van der Waals surface area contributed by atoms with Gasteiger partial charge in [-0.25, -0.2) is 0 Å². The van der Waals surface area contributed by atoms with Crippen molar-refractivity contribution in [1.82, 2.24) is 14.7 Å². The van der Waals surface area contributed by atoms with Crippen molar-refractivity contribution >= 4 is 16.8 Å². The molecule has 0 aliphatic rings. The van der Waals surface area contributed by atoms with E-state index in [2.05, 4.69) is 5.10 Å². The fourth-order valence-corrected chi connectivity index (χ4v) is 2.07. The van der Waals surface area contributed by atoms with Crippen LogP contribution >= 0.6 is 0 Å². The van der Waals surface area contributed by atoms with Gasteiger partial charge in [0.05, 0.1) is 11.6 Å². The molecule has 1 heterocycles. The van der Waals surface area contributed by atoms with Gasteiger partial charge in [0.25, 0.3) is 5.91 Å². The summed E-state index contributed by atoms with van der Waals surface area (Å²) < 4.78 is 1.69. The Morgan fingerprint density at radius 3 is 2.79 bits per heavy atom. The van der Waals surface area contributed by atoms with Crippen LogP contribution in [-0.4, -0.2) is 33.2 Å². The Balaban J connectivity index is 2.50. The minimum atomic E-state index is -0.201. The molecule has 0 saturated heterocycles. The highest BCUT2D eigenvalue weighted by Crippen LogP contribution is 2.19. The number of hydrogen-bond acceptors (Lipinski definition) is 3. The van der Waals surface area contributed by atoms with Crippen LogP contribution in [0.5, 0.6) is 0 Å². The summed E-state index contributed by atoms with van der Waals surface area (Å²) in [5, 5.41) is 13.9. The number of para-hydroxylation sites is 1. The topological polar surface area (TPSA) is 61.9 Å². The average Bonchev–Trinajstić information content (AvgIpc) is 2.73. The van der Waals surface area contributed by atoms with Gasteiger partial charge in [0.2, 0.25) is 0 Å². The molecule has 1 aromatic carbocycles. The predicted octanol–water partition coefficient (Wildman–Crippen LogP) is 1.95. The number of aromatic nitrogens is 2. The molecule has 0 atom stereocenters. The molecule has 2 aromatic rings. The molecule has 0 fully saturated rings. The van der Waals surface area contributed by atoms with E-state index in [9.17, 15) is 4.79 Å². The molecule has 1 amide bonds. The summed E-state index contributed by atoms with van der Waals surface area (Å²) in [6, 6.07) is 9.58. The molecule has 0 aliphatic heterocycles. The number of hydrogen-bond donors (Lipinski definition) is 0. The molecule has 2 rings (SSSR count). The van der Waals surface area contributed by atoms with Gasteiger partial charge < -0.3 is 4.90 Å². The molecule has 5 nitrogen and oxygen atoms in total.